The molecule has 11 heteroatoms. The molecule has 0 fully saturated rings. The van der Waals surface area contributed by atoms with Crippen LogP contribution in [0.1, 0.15) is 35.1 Å². The molecule has 2 atom stereocenters. The number of amides is 2. The molecule has 1 aromatic heterocycles. The van der Waals surface area contributed by atoms with Crippen LogP contribution in [0.25, 0.3) is 11.1 Å². The minimum atomic E-state index is -1.11. The van der Waals surface area contributed by atoms with Gasteiger partial charge in [0.15, 0.2) is 5.58 Å². The van der Waals surface area contributed by atoms with Crippen molar-refractivity contribution in [1.82, 2.24) is 14.8 Å². The van der Waals surface area contributed by atoms with Gasteiger partial charge in [-0.05, 0) is 78.8 Å². The highest BCUT2D eigenvalue weighted by Gasteiger charge is 2.27. The third kappa shape index (κ3) is 9.98. The van der Waals surface area contributed by atoms with E-state index in [0.29, 0.717) is 45.4 Å². The summed E-state index contributed by atoms with van der Waals surface area (Å²) < 4.78 is 6.72. The van der Waals surface area contributed by atoms with Crippen molar-refractivity contribution in [1.29, 1.82) is 0 Å². The van der Waals surface area contributed by atoms with E-state index in [4.69, 9.17) is 39.2 Å². The van der Waals surface area contributed by atoms with Gasteiger partial charge in [0.1, 0.15) is 0 Å². The number of aryl methyl sites for hydroxylation is 3. The zero-order valence-corrected chi connectivity index (χ0v) is 29.3. The molecule has 49 heavy (non-hydrogen) atoms. The predicted octanol–water partition coefficient (Wildman–Crippen LogP) is 7.05. The van der Waals surface area contributed by atoms with E-state index in [9.17, 15) is 19.5 Å². The van der Waals surface area contributed by atoms with Gasteiger partial charge in [0.2, 0.25) is 11.8 Å². The molecule has 1 heterocycles. The second-order valence-corrected chi connectivity index (χ2v) is 13.3. The SMILES string of the molecule is Cc1ccc(CCC(=O)N(CCc2ccc(Cl)cc2Cl)CC(O)C(Cc2ccccc2)NC(=O)CCn2c(=O)oc3ccccc32)cc1Cl. The molecule has 2 amide bonds. The lowest BCUT2D eigenvalue weighted by atomic mass is 10.00. The maximum atomic E-state index is 13.7. The number of halogens is 3. The predicted molar refractivity (Wildman–Crippen MR) is 194 cm³/mol. The third-order valence-electron chi connectivity index (χ3n) is 8.54. The molecule has 5 aromatic rings. The van der Waals surface area contributed by atoms with Crippen molar-refractivity contribution in [2.45, 2.75) is 57.7 Å². The number of nitrogens with zero attached hydrogens (tertiary/aromatic N) is 2. The Bertz CT molecular complexity index is 1960. The van der Waals surface area contributed by atoms with Crippen LogP contribution in [-0.2, 0) is 35.4 Å². The van der Waals surface area contributed by atoms with Crippen LogP contribution >= 0.6 is 34.8 Å². The standard InChI is InChI=1S/C38H38Cl3N3O5/c1-25-11-12-27(21-30(25)40)13-16-37(47)43(19-17-28-14-15-29(39)23-31(28)41)24-34(45)32(22-26-7-3-2-4-8-26)42-36(46)18-20-44-33-9-5-6-10-35(33)49-38(44)48/h2-12,14-15,21,23,32,34,45H,13,16-20,22,24H2,1H3,(H,42,46). The molecule has 0 aliphatic heterocycles. The van der Waals surface area contributed by atoms with E-state index in [-0.39, 0.29) is 44.3 Å². The molecular weight excluding hydrogens is 685 g/mol. The summed E-state index contributed by atoms with van der Waals surface area (Å²) >= 11 is 18.9. The number of para-hydroxylation sites is 2. The summed E-state index contributed by atoms with van der Waals surface area (Å²) in [7, 11) is 0. The highest BCUT2D eigenvalue weighted by molar-refractivity contribution is 6.35. The molecule has 2 N–H and O–H groups in total. The second-order valence-electron chi connectivity index (χ2n) is 12.1. The van der Waals surface area contributed by atoms with E-state index in [1.54, 1.807) is 41.3 Å². The van der Waals surface area contributed by atoms with E-state index in [2.05, 4.69) is 5.32 Å². The van der Waals surface area contributed by atoms with Gasteiger partial charge >= 0.3 is 5.76 Å². The minimum Gasteiger partial charge on any atom is -0.408 e. The van der Waals surface area contributed by atoms with Gasteiger partial charge in [-0.1, -0.05) is 95.5 Å². The number of hydrogen-bond donors (Lipinski definition) is 2. The summed E-state index contributed by atoms with van der Waals surface area (Å²) in [6, 6.07) is 26.8. The number of rotatable bonds is 15. The first kappa shape index (κ1) is 36.2. The lowest BCUT2D eigenvalue weighted by Gasteiger charge is -2.31. The van der Waals surface area contributed by atoms with E-state index in [1.165, 1.54) is 4.57 Å². The maximum Gasteiger partial charge on any atom is 0.419 e. The molecule has 0 aliphatic carbocycles. The molecule has 0 saturated heterocycles. The van der Waals surface area contributed by atoms with Crippen LogP contribution in [0.5, 0.6) is 0 Å². The van der Waals surface area contributed by atoms with Gasteiger partial charge < -0.3 is 19.7 Å². The number of carbonyl (C=O) groups is 2. The summed E-state index contributed by atoms with van der Waals surface area (Å²) in [5, 5.41) is 16.3. The highest BCUT2D eigenvalue weighted by atomic mass is 35.5. The smallest absolute Gasteiger partial charge is 0.408 e. The number of benzene rings is 4. The molecule has 0 radical (unpaired) electrons. The molecule has 8 nitrogen and oxygen atoms in total. The van der Waals surface area contributed by atoms with Crippen LogP contribution in [0, 0.1) is 6.92 Å². The Balaban J connectivity index is 1.31. The number of aliphatic hydroxyl groups is 1. The zero-order valence-electron chi connectivity index (χ0n) is 27.1. The van der Waals surface area contributed by atoms with E-state index in [1.807, 2.05) is 61.5 Å². The van der Waals surface area contributed by atoms with Crippen molar-refractivity contribution in [3.05, 3.63) is 139 Å². The first-order valence-corrected chi connectivity index (χ1v) is 17.3. The Morgan fingerprint density at radius 2 is 1.63 bits per heavy atom. The zero-order chi connectivity index (χ0) is 34.9. The fraction of sp³-hybridized carbons (Fsp3) is 0.289. The van der Waals surface area contributed by atoms with E-state index in [0.717, 1.165) is 22.3 Å². The quantitative estimate of drug-likeness (QED) is 0.121. The molecule has 5 rings (SSSR count). The third-order valence-corrected chi connectivity index (χ3v) is 9.53. The monoisotopic (exact) mass is 721 g/mol. The Hall–Kier alpha value is -4.08. The topological polar surface area (TPSA) is 105 Å². The minimum absolute atomic E-state index is 0.0156. The van der Waals surface area contributed by atoms with Gasteiger partial charge in [-0.25, -0.2) is 4.79 Å². The Labute approximate surface area is 300 Å². The summed E-state index contributed by atoms with van der Waals surface area (Å²) in [6.45, 7) is 2.29. The number of carbonyl (C=O) groups excluding carboxylic acids is 2. The second kappa shape index (κ2) is 17.0. The normalized spacial score (nSPS) is 12.5. The van der Waals surface area contributed by atoms with Gasteiger partial charge in [-0.2, -0.15) is 0 Å². The highest BCUT2D eigenvalue weighted by Crippen LogP contribution is 2.23. The fourth-order valence-corrected chi connectivity index (χ4v) is 6.43. The van der Waals surface area contributed by atoms with Crippen molar-refractivity contribution in [2.24, 2.45) is 0 Å². The lowest BCUT2D eigenvalue weighted by molar-refractivity contribution is -0.133. The van der Waals surface area contributed by atoms with Crippen LogP contribution in [0.2, 0.25) is 15.1 Å². The van der Waals surface area contributed by atoms with Crippen molar-refractivity contribution >= 4 is 57.7 Å². The summed E-state index contributed by atoms with van der Waals surface area (Å²) in [4.78, 5) is 41.1. The van der Waals surface area contributed by atoms with Crippen LogP contribution < -0.4 is 11.1 Å². The van der Waals surface area contributed by atoms with Gasteiger partial charge in [0, 0.05) is 47.5 Å². The molecule has 256 valence electrons. The average molecular weight is 723 g/mol. The number of fused-ring (bicyclic) bond motifs is 1. The molecule has 4 aromatic carbocycles. The number of hydrogen-bond acceptors (Lipinski definition) is 5. The van der Waals surface area contributed by atoms with Crippen molar-refractivity contribution < 1.29 is 19.1 Å². The van der Waals surface area contributed by atoms with Gasteiger partial charge in [0.05, 0.1) is 17.7 Å². The number of nitrogens with one attached hydrogen (secondary N) is 1. The van der Waals surface area contributed by atoms with Crippen LogP contribution in [-0.4, -0.2) is 51.6 Å². The Morgan fingerprint density at radius 3 is 2.39 bits per heavy atom. The first-order chi connectivity index (χ1) is 23.6. The van der Waals surface area contributed by atoms with Gasteiger partial charge in [0.25, 0.3) is 0 Å². The number of oxazole rings is 1. The molecule has 0 aliphatic rings. The van der Waals surface area contributed by atoms with Crippen molar-refractivity contribution in [3.63, 3.8) is 0 Å². The molecule has 0 spiro atoms. The summed E-state index contributed by atoms with van der Waals surface area (Å²) in [5.74, 6) is -1.05. The molecular formula is C38H38Cl3N3O5. The molecule has 0 bridgehead atoms. The first-order valence-electron chi connectivity index (χ1n) is 16.1. The van der Waals surface area contributed by atoms with E-state index < -0.39 is 17.9 Å². The van der Waals surface area contributed by atoms with Crippen LogP contribution in [0.3, 0.4) is 0 Å². The Morgan fingerprint density at radius 1 is 0.878 bits per heavy atom. The van der Waals surface area contributed by atoms with Crippen molar-refractivity contribution in [3.8, 4) is 0 Å². The average Bonchev–Trinajstić information content (AvgIpc) is 3.41. The van der Waals surface area contributed by atoms with E-state index >= 15 is 0 Å². The van der Waals surface area contributed by atoms with Gasteiger partial charge in [-0.15, -0.1) is 0 Å². The Kier molecular flexibility index (Phi) is 12.6. The van der Waals surface area contributed by atoms with Gasteiger partial charge in [-0.3, -0.25) is 14.2 Å². The molecule has 2 unspecified atom stereocenters. The molecule has 0 saturated carbocycles. The lowest BCUT2D eigenvalue weighted by Crippen LogP contribution is -2.51. The van der Waals surface area contributed by atoms with Crippen molar-refractivity contribution in [2.75, 3.05) is 13.1 Å². The number of aliphatic hydroxyl groups excluding tert-OH is 1. The maximum absolute atomic E-state index is 13.7. The van der Waals surface area contributed by atoms with Crippen LogP contribution in [0.15, 0.2) is 100 Å². The van der Waals surface area contributed by atoms with Crippen LogP contribution in [0.4, 0.5) is 0 Å². The summed E-state index contributed by atoms with van der Waals surface area (Å²) in [5.41, 5.74) is 4.66. The largest absolute Gasteiger partial charge is 0.419 e. The fourth-order valence-electron chi connectivity index (χ4n) is 5.72. The number of aromatic nitrogens is 1. The summed E-state index contributed by atoms with van der Waals surface area (Å²) in [6.07, 6.45) is 0.310.